The van der Waals surface area contributed by atoms with E-state index < -0.39 is 0 Å². The third kappa shape index (κ3) is 2.75. The smallest absolute Gasteiger partial charge is 0.0960 e. The fourth-order valence-electron chi connectivity index (χ4n) is 1.01. The minimum absolute atomic E-state index is 0.296. The van der Waals surface area contributed by atoms with Crippen molar-refractivity contribution in [2.24, 2.45) is 5.41 Å². The zero-order chi connectivity index (χ0) is 9.19. The summed E-state index contributed by atoms with van der Waals surface area (Å²) in [5.41, 5.74) is 1.57. The van der Waals surface area contributed by atoms with Gasteiger partial charge in [-0.05, 0) is 28.8 Å². The number of halogens is 2. The van der Waals surface area contributed by atoms with Crippen LogP contribution in [0.2, 0.25) is 4.34 Å². The van der Waals surface area contributed by atoms with Gasteiger partial charge in [-0.3, -0.25) is 0 Å². The van der Waals surface area contributed by atoms with Gasteiger partial charge in [0.2, 0.25) is 0 Å². The highest BCUT2D eigenvalue weighted by molar-refractivity contribution is 9.09. The van der Waals surface area contributed by atoms with Crippen LogP contribution in [0.5, 0.6) is 0 Å². The Hall–Kier alpha value is 0.470. The summed E-state index contributed by atoms with van der Waals surface area (Å²) in [7, 11) is 0. The van der Waals surface area contributed by atoms with E-state index in [2.05, 4.69) is 35.8 Å². The molecule has 0 spiro atoms. The van der Waals surface area contributed by atoms with Crippen LogP contribution in [0, 0.1) is 5.41 Å². The lowest BCUT2D eigenvalue weighted by molar-refractivity contribution is 0.425. The van der Waals surface area contributed by atoms with Crippen LogP contribution in [0.25, 0.3) is 0 Å². The zero-order valence-electron chi connectivity index (χ0n) is 7.23. The maximum atomic E-state index is 6.01. The van der Waals surface area contributed by atoms with Crippen molar-refractivity contribution in [3.63, 3.8) is 0 Å². The molecule has 1 rings (SSSR count). The van der Waals surface area contributed by atoms with Gasteiger partial charge < -0.3 is 0 Å². The monoisotopic (exact) mass is 266 g/mol. The highest BCUT2D eigenvalue weighted by Gasteiger charge is 2.18. The first-order valence-corrected chi connectivity index (χ1v) is 6.21. The molecule has 0 aromatic carbocycles. The molecule has 0 bridgehead atoms. The third-order valence-corrected chi connectivity index (χ3v) is 4.49. The van der Waals surface area contributed by atoms with E-state index in [4.69, 9.17) is 11.6 Å². The minimum Gasteiger partial charge on any atom is -0.132 e. The van der Waals surface area contributed by atoms with E-state index in [-0.39, 0.29) is 0 Å². The summed E-state index contributed by atoms with van der Waals surface area (Å²) in [6.45, 7) is 4.46. The lowest BCUT2D eigenvalue weighted by atomic mass is 9.89. The Morgan fingerprint density at radius 2 is 2.25 bits per heavy atom. The predicted molar refractivity (Wildman–Crippen MR) is 60.6 cm³/mol. The Bertz CT molecular complexity index is 255. The average Bonchev–Trinajstić information content (AvgIpc) is 2.36. The second kappa shape index (κ2) is 4.12. The first-order valence-electron chi connectivity index (χ1n) is 3.83. The molecule has 0 nitrogen and oxygen atoms in total. The number of thiophene rings is 1. The van der Waals surface area contributed by atoms with Crippen molar-refractivity contribution in [2.75, 3.05) is 5.33 Å². The maximum absolute atomic E-state index is 6.01. The van der Waals surface area contributed by atoms with Gasteiger partial charge in [0, 0.05) is 5.33 Å². The van der Waals surface area contributed by atoms with Crippen molar-refractivity contribution >= 4 is 38.9 Å². The Balaban J connectivity index is 2.70. The molecular weight excluding hydrogens is 256 g/mol. The van der Waals surface area contributed by atoms with Gasteiger partial charge in [-0.15, -0.1) is 11.3 Å². The highest BCUT2D eigenvalue weighted by Crippen LogP contribution is 2.30. The van der Waals surface area contributed by atoms with Gasteiger partial charge in [0.05, 0.1) is 4.34 Å². The average molecular weight is 268 g/mol. The van der Waals surface area contributed by atoms with E-state index >= 15 is 0 Å². The van der Waals surface area contributed by atoms with E-state index in [1.807, 2.05) is 5.38 Å². The molecule has 0 radical (unpaired) electrons. The van der Waals surface area contributed by atoms with E-state index in [1.165, 1.54) is 5.56 Å². The number of rotatable bonds is 3. The molecule has 1 heterocycles. The van der Waals surface area contributed by atoms with Gasteiger partial charge in [0.25, 0.3) is 0 Å². The summed E-state index contributed by atoms with van der Waals surface area (Å²) in [5, 5.41) is 3.05. The van der Waals surface area contributed by atoms with E-state index in [1.54, 1.807) is 11.3 Å². The number of hydrogen-bond acceptors (Lipinski definition) is 1. The van der Waals surface area contributed by atoms with Gasteiger partial charge in [0.1, 0.15) is 0 Å². The molecule has 0 fully saturated rings. The van der Waals surface area contributed by atoms with E-state index in [0.29, 0.717) is 5.41 Å². The van der Waals surface area contributed by atoms with Gasteiger partial charge in [0.15, 0.2) is 0 Å². The summed E-state index contributed by atoms with van der Waals surface area (Å²) < 4.78 is 0.934. The molecule has 1 aromatic rings. The highest BCUT2D eigenvalue weighted by atomic mass is 79.9. The first-order chi connectivity index (χ1) is 5.55. The van der Waals surface area contributed by atoms with Crippen molar-refractivity contribution in [2.45, 2.75) is 20.3 Å². The fraction of sp³-hybridized carbons (Fsp3) is 0.556. The molecule has 0 amide bonds. The van der Waals surface area contributed by atoms with Crippen LogP contribution in [-0.2, 0) is 6.42 Å². The van der Waals surface area contributed by atoms with Crippen LogP contribution in [0.15, 0.2) is 11.4 Å². The second-order valence-electron chi connectivity index (χ2n) is 3.69. The molecule has 0 aliphatic rings. The normalized spacial score (nSPS) is 12.0. The second-order valence-corrected chi connectivity index (χ2v) is 5.77. The van der Waals surface area contributed by atoms with E-state index in [9.17, 15) is 0 Å². The Labute approximate surface area is 91.1 Å². The Morgan fingerprint density at radius 3 is 2.67 bits per heavy atom. The lowest BCUT2D eigenvalue weighted by Gasteiger charge is -2.20. The summed E-state index contributed by atoms with van der Waals surface area (Å²) in [5.74, 6) is 0. The predicted octanol–water partition coefficient (Wildman–Crippen LogP) is 4.37. The van der Waals surface area contributed by atoms with Gasteiger partial charge in [-0.2, -0.15) is 0 Å². The molecule has 0 saturated carbocycles. The SMILES string of the molecule is CC(C)(CBr)Cc1ccsc1Cl. The first kappa shape index (κ1) is 10.6. The van der Waals surface area contributed by atoms with Crippen LogP contribution in [0.4, 0.5) is 0 Å². The molecule has 0 aliphatic heterocycles. The molecule has 3 heteroatoms. The Morgan fingerprint density at radius 1 is 1.58 bits per heavy atom. The Kier molecular flexibility index (Phi) is 3.62. The molecule has 0 aliphatic carbocycles. The molecule has 0 atom stereocenters. The van der Waals surface area contributed by atoms with Gasteiger partial charge >= 0.3 is 0 Å². The fourth-order valence-corrected chi connectivity index (χ4v) is 2.13. The molecule has 68 valence electrons. The van der Waals surface area contributed by atoms with Crippen molar-refractivity contribution < 1.29 is 0 Å². The topological polar surface area (TPSA) is 0 Å². The van der Waals surface area contributed by atoms with Crippen molar-refractivity contribution in [3.05, 3.63) is 21.3 Å². The van der Waals surface area contributed by atoms with E-state index in [0.717, 1.165) is 16.1 Å². The number of hydrogen-bond donors (Lipinski definition) is 0. The molecular formula is C9H12BrClS. The molecule has 1 aromatic heterocycles. The largest absolute Gasteiger partial charge is 0.132 e. The summed E-state index contributed by atoms with van der Waals surface area (Å²) >= 11 is 11.1. The summed E-state index contributed by atoms with van der Waals surface area (Å²) in [4.78, 5) is 0. The quantitative estimate of drug-likeness (QED) is 0.714. The third-order valence-electron chi connectivity index (χ3n) is 1.72. The summed E-state index contributed by atoms with van der Waals surface area (Å²) in [6.07, 6.45) is 1.04. The van der Waals surface area contributed by atoms with Crippen LogP contribution < -0.4 is 0 Å². The molecule has 0 N–H and O–H groups in total. The summed E-state index contributed by atoms with van der Waals surface area (Å²) in [6, 6.07) is 2.11. The van der Waals surface area contributed by atoms with Gasteiger partial charge in [-0.1, -0.05) is 41.4 Å². The van der Waals surface area contributed by atoms with Crippen molar-refractivity contribution in [3.8, 4) is 0 Å². The zero-order valence-corrected chi connectivity index (χ0v) is 10.4. The van der Waals surface area contributed by atoms with Crippen molar-refractivity contribution in [1.82, 2.24) is 0 Å². The van der Waals surface area contributed by atoms with Crippen LogP contribution in [0.3, 0.4) is 0 Å². The van der Waals surface area contributed by atoms with Crippen LogP contribution in [-0.4, -0.2) is 5.33 Å². The van der Waals surface area contributed by atoms with Crippen LogP contribution in [0.1, 0.15) is 19.4 Å². The van der Waals surface area contributed by atoms with Gasteiger partial charge in [-0.25, -0.2) is 0 Å². The number of alkyl halides is 1. The van der Waals surface area contributed by atoms with Crippen molar-refractivity contribution in [1.29, 1.82) is 0 Å². The molecule has 12 heavy (non-hydrogen) atoms. The lowest BCUT2D eigenvalue weighted by Crippen LogP contribution is -2.16. The van der Waals surface area contributed by atoms with Crippen LogP contribution >= 0.6 is 38.9 Å². The molecule has 0 unspecified atom stereocenters. The maximum Gasteiger partial charge on any atom is 0.0960 e. The minimum atomic E-state index is 0.296. The standard InChI is InChI=1S/C9H12BrClS/c1-9(2,6-10)5-7-3-4-12-8(7)11/h3-4H,5-6H2,1-2H3. The molecule has 0 saturated heterocycles.